The lowest BCUT2D eigenvalue weighted by Crippen LogP contribution is -2.31. The van der Waals surface area contributed by atoms with Gasteiger partial charge in [-0.1, -0.05) is 12.1 Å². The highest BCUT2D eigenvalue weighted by atomic mass is 19.1. The van der Waals surface area contributed by atoms with Gasteiger partial charge in [0, 0.05) is 36.4 Å². The number of hydrogen-bond donors (Lipinski definition) is 0. The van der Waals surface area contributed by atoms with Crippen LogP contribution in [0.15, 0.2) is 79.5 Å². The number of halogens is 1. The summed E-state index contributed by atoms with van der Waals surface area (Å²) in [4.78, 5) is 17.1. The highest BCUT2D eigenvalue weighted by Gasteiger charge is 2.44. The molecule has 28 heavy (non-hydrogen) atoms. The van der Waals surface area contributed by atoms with Crippen molar-refractivity contribution in [1.82, 2.24) is 19.9 Å². The first-order chi connectivity index (χ1) is 13.8. The number of hydrogen-bond acceptors (Lipinski definition) is 4. The van der Waals surface area contributed by atoms with E-state index in [4.69, 9.17) is 0 Å². The molecule has 4 aromatic rings. The second kappa shape index (κ2) is 6.60. The summed E-state index contributed by atoms with van der Waals surface area (Å²) in [5.41, 5.74) is 5.73. The van der Waals surface area contributed by atoms with Crippen LogP contribution in [-0.4, -0.2) is 19.9 Å². The van der Waals surface area contributed by atoms with Gasteiger partial charge < -0.3 is 0 Å². The predicted octanol–water partition coefficient (Wildman–Crippen LogP) is 4.16. The molecule has 0 radical (unpaired) electrons. The minimum absolute atomic E-state index is 0.387. The predicted molar refractivity (Wildman–Crippen MR) is 104 cm³/mol. The SMILES string of the molecule is Fc1cc(CC2(Cc3ccncc3)c3cccnc3-c3ncccc32)ccn1. The van der Waals surface area contributed by atoms with Gasteiger partial charge in [-0.25, -0.2) is 4.98 Å². The van der Waals surface area contributed by atoms with Gasteiger partial charge in [0.1, 0.15) is 0 Å². The van der Waals surface area contributed by atoms with Crippen molar-refractivity contribution >= 4 is 0 Å². The molecule has 0 atom stereocenters. The molecule has 0 aliphatic heterocycles. The van der Waals surface area contributed by atoms with Crippen LogP contribution in [-0.2, 0) is 18.3 Å². The first-order valence-corrected chi connectivity index (χ1v) is 9.17. The molecular formula is C23H17FN4. The second-order valence-electron chi connectivity index (χ2n) is 7.08. The van der Waals surface area contributed by atoms with Gasteiger partial charge in [0.2, 0.25) is 5.95 Å². The summed E-state index contributed by atoms with van der Waals surface area (Å²) in [7, 11) is 0. The van der Waals surface area contributed by atoms with Crippen molar-refractivity contribution in [3.05, 3.63) is 108 Å². The molecule has 0 unspecified atom stereocenters. The van der Waals surface area contributed by atoms with E-state index in [2.05, 4.69) is 32.1 Å². The summed E-state index contributed by atoms with van der Waals surface area (Å²) < 4.78 is 13.8. The molecule has 0 fully saturated rings. The zero-order valence-corrected chi connectivity index (χ0v) is 15.1. The van der Waals surface area contributed by atoms with E-state index in [9.17, 15) is 4.39 Å². The fourth-order valence-corrected chi connectivity index (χ4v) is 4.30. The monoisotopic (exact) mass is 368 g/mol. The van der Waals surface area contributed by atoms with Crippen molar-refractivity contribution in [2.45, 2.75) is 18.3 Å². The van der Waals surface area contributed by atoms with E-state index in [1.54, 1.807) is 24.8 Å². The van der Waals surface area contributed by atoms with Crippen molar-refractivity contribution in [3.8, 4) is 11.4 Å². The number of aromatic nitrogens is 4. The van der Waals surface area contributed by atoms with Crippen molar-refractivity contribution in [3.63, 3.8) is 0 Å². The number of nitrogens with zero attached hydrogens (tertiary/aromatic N) is 4. The van der Waals surface area contributed by atoms with Crippen LogP contribution in [0, 0.1) is 5.95 Å². The van der Waals surface area contributed by atoms with Crippen LogP contribution in [0.4, 0.5) is 4.39 Å². The van der Waals surface area contributed by atoms with Crippen LogP contribution >= 0.6 is 0 Å². The van der Waals surface area contributed by atoms with Gasteiger partial charge in [0.15, 0.2) is 0 Å². The quantitative estimate of drug-likeness (QED) is 0.508. The maximum Gasteiger partial charge on any atom is 0.213 e. The molecule has 0 bridgehead atoms. The molecule has 0 spiro atoms. The lowest BCUT2D eigenvalue weighted by molar-refractivity contribution is 0.513. The van der Waals surface area contributed by atoms with Crippen LogP contribution in [0.5, 0.6) is 0 Å². The topological polar surface area (TPSA) is 51.6 Å². The molecule has 5 rings (SSSR count). The smallest absolute Gasteiger partial charge is 0.213 e. The summed E-state index contributed by atoms with van der Waals surface area (Å²) >= 11 is 0. The molecule has 0 saturated carbocycles. The van der Waals surface area contributed by atoms with Gasteiger partial charge in [-0.2, -0.15) is 4.39 Å². The molecule has 0 saturated heterocycles. The molecule has 4 aromatic heterocycles. The molecule has 0 amide bonds. The third-order valence-corrected chi connectivity index (χ3v) is 5.42. The van der Waals surface area contributed by atoms with E-state index in [0.29, 0.717) is 6.42 Å². The van der Waals surface area contributed by atoms with Gasteiger partial charge in [-0.05, 0) is 71.5 Å². The fourth-order valence-electron chi connectivity index (χ4n) is 4.30. The van der Waals surface area contributed by atoms with Crippen LogP contribution in [0.3, 0.4) is 0 Å². The van der Waals surface area contributed by atoms with Crippen LogP contribution in [0.1, 0.15) is 22.3 Å². The average molecular weight is 368 g/mol. The number of rotatable bonds is 4. The van der Waals surface area contributed by atoms with E-state index >= 15 is 0 Å². The van der Waals surface area contributed by atoms with Crippen LogP contribution in [0.25, 0.3) is 11.4 Å². The van der Waals surface area contributed by atoms with Crippen LogP contribution in [0.2, 0.25) is 0 Å². The lowest BCUT2D eigenvalue weighted by atomic mass is 9.70. The zero-order chi connectivity index (χ0) is 19.0. The summed E-state index contributed by atoms with van der Waals surface area (Å²) in [6.45, 7) is 0. The maximum atomic E-state index is 13.8. The second-order valence-corrected chi connectivity index (χ2v) is 7.08. The van der Waals surface area contributed by atoms with Gasteiger partial charge in [-0.15, -0.1) is 0 Å². The Bertz CT molecular complexity index is 1100. The zero-order valence-electron chi connectivity index (χ0n) is 15.1. The lowest BCUT2D eigenvalue weighted by Gasteiger charge is -2.32. The van der Waals surface area contributed by atoms with Gasteiger partial charge >= 0.3 is 0 Å². The van der Waals surface area contributed by atoms with E-state index in [-0.39, 0.29) is 5.41 Å². The number of pyridine rings is 4. The Morgan fingerprint density at radius 2 is 1.29 bits per heavy atom. The molecular weight excluding hydrogens is 351 g/mol. The maximum absolute atomic E-state index is 13.8. The summed E-state index contributed by atoms with van der Waals surface area (Å²) in [6, 6.07) is 15.6. The van der Waals surface area contributed by atoms with Crippen molar-refractivity contribution in [2.24, 2.45) is 0 Å². The largest absolute Gasteiger partial charge is 0.265 e. The van der Waals surface area contributed by atoms with Crippen LogP contribution < -0.4 is 0 Å². The minimum atomic E-state index is -0.465. The summed E-state index contributed by atoms with van der Waals surface area (Å²) in [5.74, 6) is -0.465. The highest BCUT2D eigenvalue weighted by Crippen LogP contribution is 2.50. The Kier molecular flexibility index (Phi) is 3.93. The van der Waals surface area contributed by atoms with E-state index < -0.39 is 5.95 Å². The molecule has 1 aliphatic rings. The molecule has 0 aromatic carbocycles. The third-order valence-electron chi connectivity index (χ3n) is 5.42. The third kappa shape index (κ3) is 2.67. The number of fused-ring (bicyclic) bond motifs is 3. The molecule has 1 aliphatic carbocycles. The molecule has 4 heterocycles. The van der Waals surface area contributed by atoms with Crippen molar-refractivity contribution in [2.75, 3.05) is 0 Å². The Labute approximate surface area is 162 Å². The first kappa shape index (κ1) is 16.7. The average Bonchev–Trinajstić information content (AvgIpc) is 2.99. The van der Waals surface area contributed by atoms with E-state index in [1.807, 2.05) is 30.3 Å². The summed E-state index contributed by atoms with van der Waals surface area (Å²) in [6.07, 6.45) is 10.1. The molecule has 5 heteroatoms. The van der Waals surface area contributed by atoms with Gasteiger partial charge in [0.25, 0.3) is 0 Å². The van der Waals surface area contributed by atoms with Crippen molar-refractivity contribution in [1.29, 1.82) is 0 Å². The standard InChI is InChI=1S/C23H17FN4/c24-20-13-17(7-12-26-20)15-23(14-16-5-10-25-11-6-16)18-3-1-8-27-21(18)22-19(23)4-2-9-28-22/h1-13H,14-15H2. The first-order valence-electron chi connectivity index (χ1n) is 9.17. The van der Waals surface area contributed by atoms with E-state index in [0.717, 1.165) is 40.1 Å². The highest BCUT2D eigenvalue weighted by molar-refractivity contribution is 5.75. The molecule has 136 valence electrons. The minimum Gasteiger partial charge on any atom is -0.265 e. The van der Waals surface area contributed by atoms with E-state index in [1.165, 1.54) is 12.3 Å². The van der Waals surface area contributed by atoms with Gasteiger partial charge in [0.05, 0.1) is 11.4 Å². The Balaban J connectivity index is 1.74. The molecule has 0 N–H and O–H groups in total. The normalized spacial score (nSPS) is 13.8. The fraction of sp³-hybridized carbons (Fsp3) is 0.130. The van der Waals surface area contributed by atoms with Gasteiger partial charge in [-0.3, -0.25) is 15.0 Å². The summed E-state index contributed by atoms with van der Waals surface area (Å²) in [5, 5.41) is 0. The Morgan fingerprint density at radius 3 is 1.93 bits per heavy atom. The Hall–Kier alpha value is -3.47. The molecule has 4 nitrogen and oxygen atoms in total. The Morgan fingerprint density at radius 1 is 0.679 bits per heavy atom. The van der Waals surface area contributed by atoms with Crippen molar-refractivity contribution < 1.29 is 4.39 Å².